The van der Waals surface area contributed by atoms with Gasteiger partial charge in [0.2, 0.25) is 5.91 Å². The summed E-state index contributed by atoms with van der Waals surface area (Å²) >= 11 is 0. The van der Waals surface area contributed by atoms with Crippen LogP contribution in [0.3, 0.4) is 0 Å². The van der Waals surface area contributed by atoms with Crippen molar-refractivity contribution in [3.8, 4) is 11.5 Å². The van der Waals surface area contributed by atoms with Crippen LogP contribution in [0.15, 0.2) is 97.2 Å². The van der Waals surface area contributed by atoms with Gasteiger partial charge in [0.05, 0.1) is 31.2 Å². The van der Waals surface area contributed by atoms with Crippen molar-refractivity contribution in [2.75, 3.05) is 31.0 Å². The fourth-order valence-electron chi connectivity index (χ4n) is 5.72. The van der Waals surface area contributed by atoms with E-state index in [-0.39, 0.29) is 12.1 Å². The number of hydrogen-bond donors (Lipinski definition) is 2. The van der Waals surface area contributed by atoms with E-state index in [0.29, 0.717) is 28.4 Å². The van der Waals surface area contributed by atoms with Crippen LogP contribution in [0.1, 0.15) is 33.1 Å². The van der Waals surface area contributed by atoms with E-state index in [1.807, 2.05) is 55.5 Å². The van der Waals surface area contributed by atoms with Gasteiger partial charge in [0.25, 0.3) is 17.6 Å². The summed E-state index contributed by atoms with van der Waals surface area (Å²) in [5, 5.41) is 3.71. The van der Waals surface area contributed by atoms with E-state index >= 15 is 0 Å². The molecular weight excluding hydrogens is 584 g/mol. The second-order valence-electron chi connectivity index (χ2n) is 11.0. The van der Waals surface area contributed by atoms with Crippen molar-refractivity contribution in [3.05, 3.63) is 119 Å². The number of methoxy groups -OCH3 is 2. The number of aryl methyl sites for hydroxylation is 1. The molecule has 5 aromatic rings. The third kappa shape index (κ3) is 5.68. The van der Waals surface area contributed by atoms with Crippen molar-refractivity contribution >= 4 is 45.8 Å². The number of aromatic nitrogens is 1. The molecule has 0 aliphatic carbocycles. The highest BCUT2D eigenvalue weighted by Gasteiger charge is 2.40. The number of H-pyrrole nitrogens is 1. The van der Waals surface area contributed by atoms with E-state index in [0.717, 1.165) is 22.0 Å². The van der Waals surface area contributed by atoms with Gasteiger partial charge in [-0.2, -0.15) is 0 Å². The summed E-state index contributed by atoms with van der Waals surface area (Å²) in [5.41, 5.74) is 4.15. The van der Waals surface area contributed by atoms with Crippen LogP contribution in [0.25, 0.3) is 10.9 Å². The first-order valence-electron chi connectivity index (χ1n) is 14.7. The summed E-state index contributed by atoms with van der Waals surface area (Å²) in [6.45, 7) is 1.57. The number of nitrogens with zero attached hydrogens (tertiary/aromatic N) is 2. The number of nitrogens with one attached hydrogen (secondary N) is 2. The summed E-state index contributed by atoms with van der Waals surface area (Å²) in [6, 6.07) is 25.6. The van der Waals surface area contributed by atoms with E-state index in [1.54, 1.807) is 48.7 Å². The Morgan fingerprint density at radius 1 is 0.913 bits per heavy atom. The van der Waals surface area contributed by atoms with E-state index in [9.17, 15) is 19.2 Å². The molecule has 1 aliphatic rings. The maximum Gasteiger partial charge on any atom is 0.299 e. The van der Waals surface area contributed by atoms with Crippen LogP contribution in [0.5, 0.6) is 11.5 Å². The van der Waals surface area contributed by atoms with Crippen LogP contribution in [0, 0.1) is 6.92 Å². The second-order valence-corrected chi connectivity index (χ2v) is 11.0. The molecule has 0 radical (unpaired) electrons. The lowest BCUT2D eigenvalue weighted by Gasteiger charge is -2.32. The van der Waals surface area contributed by atoms with E-state index in [1.165, 1.54) is 24.0 Å². The molecule has 0 saturated heterocycles. The molecule has 1 aliphatic heterocycles. The van der Waals surface area contributed by atoms with Gasteiger partial charge in [-0.25, -0.2) is 0 Å². The van der Waals surface area contributed by atoms with Crippen molar-refractivity contribution in [1.29, 1.82) is 0 Å². The monoisotopic (exact) mass is 616 g/mol. The summed E-state index contributed by atoms with van der Waals surface area (Å²) in [4.78, 5) is 60.6. The van der Waals surface area contributed by atoms with Gasteiger partial charge in [-0.1, -0.05) is 60.2 Å². The van der Waals surface area contributed by atoms with Crippen LogP contribution in [0.2, 0.25) is 0 Å². The first-order chi connectivity index (χ1) is 22.3. The molecule has 2 N–H and O–H groups in total. The topological polar surface area (TPSA) is 121 Å². The molecule has 10 heteroatoms. The Morgan fingerprint density at radius 2 is 1.65 bits per heavy atom. The van der Waals surface area contributed by atoms with Crippen LogP contribution in [-0.2, 0) is 20.9 Å². The highest BCUT2D eigenvalue weighted by molar-refractivity contribution is 6.52. The Kier molecular flexibility index (Phi) is 8.26. The van der Waals surface area contributed by atoms with Gasteiger partial charge in [-0.15, -0.1) is 0 Å². The minimum absolute atomic E-state index is 0.0497. The lowest BCUT2D eigenvalue weighted by molar-refractivity contribution is -0.139. The molecule has 46 heavy (non-hydrogen) atoms. The van der Waals surface area contributed by atoms with Crippen LogP contribution in [-0.4, -0.2) is 54.2 Å². The largest absolute Gasteiger partial charge is 0.497 e. The van der Waals surface area contributed by atoms with Gasteiger partial charge in [-0.05, 0) is 42.8 Å². The summed E-state index contributed by atoms with van der Waals surface area (Å²) in [6.07, 6.45) is 1.72. The average molecular weight is 617 g/mol. The Morgan fingerprint density at radius 3 is 2.41 bits per heavy atom. The number of rotatable bonds is 10. The predicted octanol–water partition coefficient (Wildman–Crippen LogP) is 5.43. The molecule has 10 nitrogen and oxygen atoms in total. The number of fused-ring (bicyclic) bond motifs is 2. The fourth-order valence-corrected chi connectivity index (χ4v) is 5.72. The van der Waals surface area contributed by atoms with Crippen molar-refractivity contribution in [1.82, 2.24) is 9.88 Å². The molecule has 2 heterocycles. The van der Waals surface area contributed by atoms with Crippen molar-refractivity contribution in [3.63, 3.8) is 0 Å². The Bertz CT molecular complexity index is 1970. The number of carbonyl (C=O) groups is 4. The van der Waals surface area contributed by atoms with Crippen molar-refractivity contribution < 1.29 is 28.7 Å². The quantitative estimate of drug-likeness (QED) is 0.202. The zero-order valence-electron chi connectivity index (χ0n) is 25.6. The first-order valence-corrected chi connectivity index (χ1v) is 14.7. The zero-order chi connectivity index (χ0) is 32.4. The average Bonchev–Trinajstić information content (AvgIpc) is 3.60. The van der Waals surface area contributed by atoms with Gasteiger partial charge in [-0.3, -0.25) is 24.1 Å². The number of ketones is 1. The summed E-state index contributed by atoms with van der Waals surface area (Å²) < 4.78 is 10.8. The number of benzene rings is 4. The summed E-state index contributed by atoms with van der Waals surface area (Å²) in [7, 11) is 3.02. The molecule has 0 saturated carbocycles. The van der Waals surface area contributed by atoms with Gasteiger partial charge in [0, 0.05) is 35.3 Å². The Balaban J connectivity index is 1.45. The zero-order valence-corrected chi connectivity index (χ0v) is 25.6. The number of ether oxygens (including phenoxy) is 2. The first kappa shape index (κ1) is 30.1. The SMILES string of the molecule is COc1ccc(NC(=O)C(c2c[nH]c3ccccc23)N(Cc2ccc(C)cc2)C(=O)CN2C(=O)C(=O)c3ccccc32)c(OC)c1. The lowest BCUT2D eigenvalue weighted by atomic mass is 10.0. The number of para-hydroxylation sites is 2. The number of hydrogen-bond acceptors (Lipinski definition) is 6. The van der Waals surface area contributed by atoms with E-state index in [4.69, 9.17) is 9.47 Å². The minimum Gasteiger partial charge on any atom is -0.497 e. The molecule has 0 fully saturated rings. The van der Waals surface area contributed by atoms with Gasteiger partial charge >= 0.3 is 0 Å². The smallest absolute Gasteiger partial charge is 0.299 e. The summed E-state index contributed by atoms with van der Waals surface area (Å²) in [5.74, 6) is -1.57. The molecule has 1 atom stereocenters. The highest BCUT2D eigenvalue weighted by Crippen LogP contribution is 2.35. The van der Waals surface area contributed by atoms with Gasteiger partial charge in [0.15, 0.2) is 0 Å². The minimum atomic E-state index is -1.15. The lowest BCUT2D eigenvalue weighted by Crippen LogP contribution is -2.46. The van der Waals surface area contributed by atoms with Crippen molar-refractivity contribution in [2.24, 2.45) is 0 Å². The van der Waals surface area contributed by atoms with Crippen molar-refractivity contribution in [2.45, 2.75) is 19.5 Å². The molecule has 1 aromatic heterocycles. The third-order valence-electron chi connectivity index (χ3n) is 8.11. The standard InChI is InChI=1S/C36H32N4O6/c1-22-12-14-23(15-13-22)20-40(32(41)21-39-30-11-7-5-9-26(30)34(42)36(39)44)33(27-19-37-28-10-6-4-8-25(27)28)35(43)38-29-17-16-24(45-2)18-31(29)46-3/h4-19,33,37H,20-21H2,1-3H3,(H,38,43). The van der Waals surface area contributed by atoms with E-state index < -0.39 is 36.1 Å². The molecule has 0 bridgehead atoms. The van der Waals surface area contributed by atoms with E-state index in [2.05, 4.69) is 10.3 Å². The van der Waals surface area contributed by atoms with Crippen LogP contribution >= 0.6 is 0 Å². The maximum atomic E-state index is 14.5. The number of Topliss-reactive ketones (excluding diaryl/α,β-unsaturated/α-hetero) is 1. The molecule has 4 aromatic carbocycles. The molecule has 1 unspecified atom stereocenters. The highest BCUT2D eigenvalue weighted by atomic mass is 16.5. The molecule has 0 spiro atoms. The maximum absolute atomic E-state index is 14.5. The molecule has 3 amide bonds. The normalized spacial score (nSPS) is 13.0. The molecular formula is C36H32N4O6. The van der Waals surface area contributed by atoms with Crippen LogP contribution in [0.4, 0.5) is 11.4 Å². The van der Waals surface area contributed by atoms with Crippen LogP contribution < -0.4 is 19.7 Å². The second kappa shape index (κ2) is 12.6. The number of aromatic amines is 1. The molecule has 232 valence electrons. The predicted molar refractivity (Wildman–Crippen MR) is 174 cm³/mol. The van der Waals surface area contributed by atoms with Gasteiger partial charge < -0.3 is 24.7 Å². The number of anilines is 2. The third-order valence-corrected chi connectivity index (χ3v) is 8.11. The number of amides is 3. The molecule has 6 rings (SSSR count). The number of carbonyl (C=O) groups excluding carboxylic acids is 4. The fraction of sp³-hybridized carbons (Fsp3) is 0.167. The van der Waals surface area contributed by atoms with Gasteiger partial charge in [0.1, 0.15) is 24.1 Å². The Hall–Kier alpha value is -5.90. The Labute approximate surface area is 265 Å².